The molecule has 8 aromatic carbocycles. The number of nitrogens with zero attached hydrogens (tertiary/aromatic N) is 5. The highest BCUT2D eigenvalue weighted by atomic mass is 15.1. The Morgan fingerprint density at radius 2 is 0.667 bits per heavy atom. The Bertz CT molecular complexity index is 3820. The highest BCUT2D eigenvalue weighted by molar-refractivity contribution is 6.24. The maximum Gasteiger partial charge on any atom is 0.0788 e. The van der Waals surface area contributed by atoms with E-state index in [4.69, 9.17) is 9.97 Å². The summed E-state index contributed by atoms with van der Waals surface area (Å²) in [6.07, 6.45) is 1.95. The van der Waals surface area contributed by atoms with Crippen molar-refractivity contribution >= 4 is 65.4 Å². The van der Waals surface area contributed by atoms with Crippen LogP contribution in [0.25, 0.3) is 116 Å². The van der Waals surface area contributed by atoms with Crippen molar-refractivity contribution in [3.05, 3.63) is 225 Å². The minimum absolute atomic E-state index is 0.859. The van der Waals surface area contributed by atoms with E-state index in [1.807, 2.05) is 24.4 Å². The van der Waals surface area contributed by atoms with Crippen LogP contribution < -0.4 is 0 Å². The van der Waals surface area contributed by atoms with Crippen LogP contribution in [-0.2, 0) is 0 Å². The molecule has 0 radical (unpaired) electrons. The number of pyridine rings is 2. The fraction of sp³-hybridized carbons (Fsp3) is 0. The Kier molecular flexibility index (Phi) is 7.84. The zero-order chi connectivity index (χ0) is 41.4. The van der Waals surface area contributed by atoms with Crippen molar-refractivity contribution in [2.24, 2.45) is 0 Å². The third-order valence-electron chi connectivity index (χ3n) is 12.7. The summed E-state index contributed by atoms with van der Waals surface area (Å²) in [5.41, 5.74) is 16.0. The lowest BCUT2D eigenvalue weighted by atomic mass is 10.1. The van der Waals surface area contributed by atoms with Crippen molar-refractivity contribution in [1.82, 2.24) is 23.7 Å². The molecule has 5 heteroatoms. The first-order valence-electron chi connectivity index (χ1n) is 21.4. The number of hydrogen-bond acceptors (Lipinski definition) is 2. The second-order valence-corrected chi connectivity index (χ2v) is 16.2. The molecule has 5 heterocycles. The molecule has 0 aliphatic rings. The molecule has 0 fully saturated rings. The summed E-state index contributed by atoms with van der Waals surface area (Å²) in [4.78, 5) is 10.2. The first kappa shape index (κ1) is 35.2. The van der Waals surface area contributed by atoms with E-state index in [2.05, 4.69) is 214 Å². The monoisotopic (exact) mass is 803 g/mol. The van der Waals surface area contributed by atoms with Crippen LogP contribution in [0.2, 0.25) is 0 Å². The maximum atomic E-state index is 5.32. The Balaban J connectivity index is 1.07. The van der Waals surface area contributed by atoms with Gasteiger partial charge < -0.3 is 13.7 Å². The molecular formula is C58H37N5. The van der Waals surface area contributed by atoms with Gasteiger partial charge in [0.15, 0.2) is 0 Å². The zero-order valence-corrected chi connectivity index (χ0v) is 34.1. The SMILES string of the molecule is c1ccc(-c2ccc(-c3cc(-n4c5ccccc5c5ccc6c7ccccc7n(-c7ccc(-n8c9ccccc9c9ccccc98)cc7)c6c54)cc(-c4ccccc4)n3)cn2)cc1. The molecule has 13 rings (SSSR count). The van der Waals surface area contributed by atoms with Gasteiger partial charge in [-0.1, -0.05) is 146 Å². The maximum absolute atomic E-state index is 5.32. The van der Waals surface area contributed by atoms with Crippen LogP contribution in [0.3, 0.4) is 0 Å². The quantitative estimate of drug-likeness (QED) is 0.168. The second-order valence-electron chi connectivity index (χ2n) is 16.2. The van der Waals surface area contributed by atoms with E-state index in [0.29, 0.717) is 0 Å². The fourth-order valence-corrected chi connectivity index (χ4v) is 9.86. The summed E-state index contributed by atoms with van der Waals surface area (Å²) < 4.78 is 7.30. The van der Waals surface area contributed by atoms with Gasteiger partial charge in [0.1, 0.15) is 0 Å². The lowest BCUT2D eigenvalue weighted by Crippen LogP contribution is -2.01. The highest BCUT2D eigenvalue weighted by Crippen LogP contribution is 2.43. The van der Waals surface area contributed by atoms with Gasteiger partial charge in [-0.05, 0) is 72.8 Å². The molecule has 0 bridgehead atoms. The molecule has 0 saturated carbocycles. The van der Waals surface area contributed by atoms with Gasteiger partial charge in [0.2, 0.25) is 0 Å². The largest absolute Gasteiger partial charge is 0.309 e. The summed E-state index contributed by atoms with van der Waals surface area (Å²) in [7, 11) is 0. The van der Waals surface area contributed by atoms with Gasteiger partial charge in [-0.25, -0.2) is 4.98 Å². The van der Waals surface area contributed by atoms with E-state index >= 15 is 0 Å². The summed E-state index contributed by atoms with van der Waals surface area (Å²) in [6, 6.07) is 78.2. The molecule has 0 unspecified atom stereocenters. The van der Waals surface area contributed by atoms with Crippen LogP contribution in [0.15, 0.2) is 225 Å². The summed E-state index contributed by atoms with van der Waals surface area (Å²) in [5.74, 6) is 0. The van der Waals surface area contributed by atoms with Crippen molar-refractivity contribution in [2.75, 3.05) is 0 Å². The van der Waals surface area contributed by atoms with Gasteiger partial charge in [-0.3, -0.25) is 4.98 Å². The number of benzene rings is 8. The normalized spacial score (nSPS) is 11.8. The number of aromatic nitrogens is 5. The highest BCUT2D eigenvalue weighted by Gasteiger charge is 2.22. The van der Waals surface area contributed by atoms with Crippen LogP contribution >= 0.6 is 0 Å². The van der Waals surface area contributed by atoms with Crippen LogP contribution in [-0.4, -0.2) is 23.7 Å². The van der Waals surface area contributed by atoms with E-state index in [0.717, 1.165) is 72.9 Å². The molecule has 63 heavy (non-hydrogen) atoms. The fourth-order valence-electron chi connectivity index (χ4n) is 9.86. The topological polar surface area (TPSA) is 40.6 Å². The second kappa shape index (κ2) is 14.0. The first-order valence-corrected chi connectivity index (χ1v) is 21.4. The van der Waals surface area contributed by atoms with Crippen molar-refractivity contribution in [2.45, 2.75) is 0 Å². The minimum Gasteiger partial charge on any atom is -0.309 e. The van der Waals surface area contributed by atoms with E-state index in [9.17, 15) is 0 Å². The van der Waals surface area contributed by atoms with Crippen LogP contribution in [0.5, 0.6) is 0 Å². The summed E-state index contributed by atoms with van der Waals surface area (Å²) in [6.45, 7) is 0. The van der Waals surface area contributed by atoms with E-state index in [-0.39, 0.29) is 0 Å². The summed E-state index contributed by atoms with van der Waals surface area (Å²) >= 11 is 0. The Morgan fingerprint density at radius 3 is 1.16 bits per heavy atom. The van der Waals surface area contributed by atoms with Crippen LogP contribution in [0.1, 0.15) is 0 Å². The third kappa shape index (κ3) is 5.50. The average Bonchev–Trinajstić information content (AvgIpc) is 4.01. The van der Waals surface area contributed by atoms with Crippen molar-refractivity contribution in [3.8, 4) is 50.8 Å². The van der Waals surface area contributed by atoms with Gasteiger partial charge in [0.05, 0.1) is 55.9 Å². The Morgan fingerprint density at radius 1 is 0.270 bits per heavy atom. The molecule has 0 saturated heterocycles. The molecule has 0 aliphatic heterocycles. The Hall–Kier alpha value is -8.54. The average molecular weight is 804 g/mol. The molecule has 5 aromatic heterocycles. The molecular weight excluding hydrogens is 767 g/mol. The zero-order valence-electron chi connectivity index (χ0n) is 34.1. The number of para-hydroxylation sites is 4. The predicted molar refractivity (Wildman–Crippen MR) is 261 cm³/mol. The standard InChI is InChI=1S/C58H37N5/c1-3-15-38(16-4-1)50-34-27-40(37-59-50)52-36-43(35-51(60-52)39-17-5-2-6-18-39)63-56-26-14-10-22-47(56)49-33-32-48-46-21-9-13-25-55(46)62(57(48)58(49)63)42-30-28-41(29-31-42)61-53-23-11-7-19-44(53)45-20-8-12-24-54(45)61/h1-37H. The molecule has 0 atom stereocenters. The Labute approximate surface area is 363 Å². The lowest BCUT2D eigenvalue weighted by molar-refractivity contribution is 1.13. The molecule has 13 aromatic rings. The molecule has 294 valence electrons. The number of rotatable bonds is 6. The number of hydrogen-bond donors (Lipinski definition) is 0. The van der Waals surface area contributed by atoms with Crippen molar-refractivity contribution in [1.29, 1.82) is 0 Å². The summed E-state index contributed by atoms with van der Waals surface area (Å²) in [5, 5.41) is 7.31. The molecule has 0 N–H and O–H groups in total. The molecule has 0 spiro atoms. The lowest BCUT2D eigenvalue weighted by Gasteiger charge is -2.15. The van der Waals surface area contributed by atoms with Gasteiger partial charge in [-0.15, -0.1) is 0 Å². The minimum atomic E-state index is 0.859. The molecule has 0 aliphatic carbocycles. The molecule has 5 nitrogen and oxygen atoms in total. The van der Waals surface area contributed by atoms with E-state index < -0.39 is 0 Å². The van der Waals surface area contributed by atoms with Gasteiger partial charge in [-0.2, -0.15) is 0 Å². The van der Waals surface area contributed by atoms with E-state index in [1.165, 1.54) is 43.4 Å². The predicted octanol–water partition coefficient (Wildman–Crippen LogP) is 14.8. The van der Waals surface area contributed by atoms with Crippen molar-refractivity contribution < 1.29 is 0 Å². The third-order valence-corrected chi connectivity index (χ3v) is 12.7. The molecule has 0 amide bonds. The van der Waals surface area contributed by atoms with Gasteiger partial charge in [0.25, 0.3) is 0 Å². The van der Waals surface area contributed by atoms with Crippen LogP contribution in [0.4, 0.5) is 0 Å². The van der Waals surface area contributed by atoms with Crippen LogP contribution in [0, 0.1) is 0 Å². The van der Waals surface area contributed by atoms with Gasteiger partial charge >= 0.3 is 0 Å². The van der Waals surface area contributed by atoms with Crippen molar-refractivity contribution in [3.63, 3.8) is 0 Å². The first-order chi connectivity index (χ1) is 31.3. The smallest absolute Gasteiger partial charge is 0.0788 e. The van der Waals surface area contributed by atoms with E-state index in [1.54, 1.807) is 0 Å². The number of fused-ring (bicyclic) bond motifs is 10. The van der Waals surface area contributed by atoms with Gasteiger partial charge in [0, 0.05) is 66.6 Å².